The zero-order valence-corrected chi connectivity index (χ0v) is 19.9. The molecule has 0 saturated carbocycles. The Hall–Kier alpha value is -2.69. The van der Waals surface area contributed by atoms with Crippen LogP contribution in [0.15, 0.2) is 69.2 Å². The molecule has 0 bridgehead atoms. The number of hydrogen-bond acceptors (Lipinski definition) is 7. The Bertz CT molecular complexity index is 1170. The van der Waals surface area contributed by atoms with Crippen molar-refractivity contribution in [3.05, 3.63) is 66.1 Å². The largest absolute Gasteiger partial charge is 0.360 e. The lowest BCUT2D eigenvalue weighted by Gasteiger charge is -2.20. The minimum Gasteiger partial charge on any atom is -0.360 e. The molecule has 8 nitrogen and oxygen atoms in total. The van der Waals surface area contributed by atoms with Crippen LogP contribution in [0.4, 0.5) is 5.82 Å². The Morgan fingerprint density at radius 2 is 1.82 bits per heavy atom. The molecule has 1 aliphatic rings. The third-order valence-electron chi connectivity index (χ3n) is 5.37. The minimum absolute atomic E-state index is 0.174. The average Bonchev–Trinajstić information content (AvgIpc) is 3.05. The molecular formula is C23H26N4O4S2. The van der Waals surface area contributed by atoms with Crippen molar-refractivity contribution in [1.82, 2.24) is 14.4 Å². The Labute approximate surface area is 197 Å². The predicted octanol–water partition coefficient (Wildman–Crippen LogP) is 4.41. The summed E-state index contributed by atoms with van der Waals surface area (Å²) in [5, 5.41) is 6.54. The second kappa shape index (κ2) is 10.5. The molecule has 1 aromatic carbocycles. The van der Waals surface area contributed by atoms with E-state index < -0.39 is 15.3 Å². The van der Waals surface area contributed by atoms with Gasteiger partial charge >= 0.3 is 0 Å². The molecule has 1 aliphatic heterocycles. The van der Waals surface area contributed by atoms with Crippen LogP contribution in [-0.2, 0) is 14.8 Å². The number of rotatable bonds is 7. The van der Waals surface area contributed by atoms with Gasteiger partial charge in [-0.3, -0.25) is 4.79 Å². The van der Waals surface area contributed by atoms with Crippen molar-refractivity contribution < 1.29 is 17.7 Å². The van der Waals surface area contributed by atoms with Gasteiger partial charge in [-0.25, -0.2) is 13.4 Å². The number of benzene rings is 1. The summed E-state index contributed by atoms with van der Waals surface area (Å²) < 4.78 is 32.6. The number of amides is 1. The smallest absolute Gasteiger partial charge is 0.244 e. The third-order valence-corrected chi connectivity index (χ3v) is 8.46. The Balaban J connectivity index is 1.53. The lowest BCUT2D eigenvalue weighted by molar-refractivity contribution is -0.115. The van der Waals surface area contributed by atoms with Crippen LogP contribution in [0.2, 0.25) is 0 Å². The van der Waals surface area contributed by atoms with Gasteiger partial charge in [0.15, 0.2) is 5.82 Å². The molecule has 1 N–H and O–H groups in total. The maximum Gasteiger partial charge on any atom is 0.244 e. The van der Waals surface area contributed by atoms with Crippen LogP contribution in [0.1, 0.15) is 42.3 Å². The van der Waals surface area contributed by atoms with E-state index in [1.807, 2.05) is 30.3 Å². The van der Waals surface area contributed by atoms with Crippen molar-refractivity contribution in [3.63, 3.8) is 0 Å². The molecule has 3 aromatic rings. The molecule has 1 unspecified atom stereocenters. The van der Waals surface area contributed by atoms with Crippen LogP contribution < -0.4 is 5.32 Å². The van der Waals surface area contributed by atoms with E-state index >= 15 is 0 Å². The van der Waals surface area contributed by atoms with E-state index in [2.05, 4.69) is 15.5 Å². The number of pyridine rings is 1. The highest BCUT2D eigenvalue weighted by Gasteiger charge is 2.27. The summed E-state index contributed by atoms with van der Waals surface area (Å²) in [7, 11) is -3.57. The van der Waals surface area contributed by atoms with E-state index in [4.69, 9.17) is 4.52 Å². The van der Waals surface area contributed by atoms with Crippen LogP contribution in [0.25, 0.3) is 0 Å². The molecule has 174 valence electrons. The van der Waals surface area contributed by atoms with Gasteiger partial charge in [-0.2, -0.15) is 4.31 Å². The zero-order chi connectivity index (χ0) is 23.3. The first-order valence-electron chi connectivity index (χ1n) is 10.9. The molecule has 10 heteroatoms. The number of carbonyl (C=O) groups excluding carboxylic acids is 1. The maximum atomic E-state index is 13.0. The van der Waals surface area contributed by atoms with E-state index in [-0.39, 0.29) is 10.8 Å². The van der Waals surface area contributed by atoms with Gasteiger partial charge in [0.25, 0.3) is 0 Å². The highest BCUT2D eigenvalue weighted by atomic mass is 32.2. The fraction of sp³-hybridized carbons (Fsp3) is 0.348. The summed E-state index contributed by atoms with van der Waals surface area (Å²) in [4.78, 5) is 17.6. The molecule has 1 atom stereocenters. The van der Waals surface area contributed by atoms with Gasteiger partial charge in [0.1, 0.15) is 15.9 Å². The topological polar surface area (TPSA) is 105 Å². The van der Waals surface area contributed by atoms with E-state index in [1.165, 1.54) is 18.0 Å². The molecule has 1 saturated heterocycles. The zero-order valence-electron chi connectivity index (χ0n) is 18.3. The lowest BCUT2D eigenvalue weighted by atomic mass is 10.1. The molecule has 0 radical (unpaired) electrons. The normalized spacial score (nSPS) is 16.2. The molecule has 4 rings (SSSR count). The number of hydrogen-bond donors (Lipinski definition) is 1. The fourth-order valence-electron chi connectivity index (χ4n) is 3.66. The SMILES string of the molecule is Cc1cc(NC(=O)C(Sc2ccc(S(=O)(=O)N3CCCCCC3)cn2)c2ccccc2)no1. The lowest BCUT2D eigenvalue weighted by Crippen LogP contribution is -2.32. The van der Waals surface area contributed by atoms with E-state index in [1.54, 1.807) is 29.4 Å². The van der Waals surface area contributed by atoms with Gasteiger partial charge in [-0.1, -0.05) is 60.1 Å². The molecule has 3 heterocycles. The summed E-state index contributed by atoms with van der Waals surface area (Å²) in [5.74, 6) is 0.658. The fourth-order valence-corrected chi connectivity index (χ4v) is 6.08. The van der Waals surface area contributed by atoms with Crippen LogP contribution >= 0.6 is 11.8 Å². The van der Waals surface area contributed by atoms with Crippen molar-refractivity contribution in [2.24, 2.45) is 0 Å². The van der Waals surface area contributed by atoms with E-state index in [0.29, 0.717) is 29.7 Å². The molecule has 33 heavy (non-hydrogen) atoms. The van der Waals surface area contributed by atoms with Crippen molar-refractivity contribution >= 4 is 33.5 Å². The van der Waals surface area contributed by atoms with Gasteiger partial charge in [-0.15, -0.1) is 0 Å². The number of sulfonamides is 1. The number of carbonyl (C=O) groups is 1. The third kappa shape index (κ3) is 5.82. The molecule has 1 amide bonds. The van der Waals surface area contributed by atoms with Crippen molar-refractivity contribution in [2.45, 2.75) is 47.8 Å². The monoisotopic (exact) mass is 486 g/mol. The molecule has 0 spiro atoms. The molecular weight excluding hydrogens is 460 g/mol. The van der Waals surface area contributed by atoms with E-state index in [0.717, 1.165) is 31.2 Å². The predicted molar refractivity (Wildman–Crippen MR) is 126 cm³/mol. The Morgan fingerprint density at radius 1 is 1.09 bits per heavy atom. The second-order valence-corrected chi connectivity index (χ2v) is 10.9. The Kier molecular flexibility index (Phi) is 7.46. The highest BCUT2D eigenvalue weighted by Crippen LogP contribution is 2.35. The number of anilines is 1. The van der Waals surface area contributed by atoms with Crippen LogP contribution in [-0.4, -0.2) is 41.9 Å². The summed E-state index contributed by atoms with van der Waals surface area (Å²) in [5.41, 5.74) is 0.795. The number of nitrogens with one attached hydrogen (secondary N) is 1. The van der Waals surface area contributed by atoms with Crippen LogP contribution in [0.3, 0.4) is 0 Å². The minimum atomic E-state index is -3.57. The van der Waals surface area contributed by atoms with Gasteiger partial charge in [0, 0.05) is 25.4 Å². The van der Waals surface area contributed by atoms with Gasteiger partial charge in [-0.05, 0) is 37.5 Å². The van der Waals surface area contributed by atoms with Crippen molar-refractivity contribution in [2.75, 3.05) is 18.4 Å². The first-order valence-corrected chi connectivity index (χ1v) is 13.2. The maximum absolute atomic E-state index is 13.0. The van der Waals surface area contributed by atoms with E-state index in [9.17, 15) is 13.2 Å². The number of nitrogens with zero attached hydrogens (tertiary/aromatic N) is 3. The van der Waals surface area contributed by atoms with Crippen molar-refractivity contribution in [1.29, 1.82) is 0 Å². The first kappa shape index (κ1) is 23.5. The van der Waals surface area contributed by atoms with Crippen LogP contribution in [0.5, 0.6) is 0 Å². The Morgan fingerprint density at radius 3 is 2.42 bits per heavy atom. The first-order chi connectivity index (χ1) is 15.9. The highest BCUT2D eigenvalue weighted by molar-refractivity contribution is 8.00. The van der Waals surface area contributed by atoms with Crippen LogP contribution in [0, 0.1) is 6.92 Å². The summed E-state index contributed by atoms with van der Waals surface area (Å²) in [6.07, 6.45) is 5.23. The quantitative estimate of drug-likeness (QED) is 0.493. The second-order valence-electron chi connectivity index (χ2n) is 7.87. The summed E-state index contributed by atoms with van der Waals surface area (Å²) in [6.45, 7) is 2.82. The summed E-state index contributed by atoms with van der Waals surface area (Å²) in [6, 6.07) is 14.2. The molecule has 1 fully saturated rings. The number of aromatic nitrogens is 2. The number of aryl methyl sites for hydroxylation is 1. The molecule has 0 aliphatic carbocycles. The standard InChI is InChI=1S/C23H26N4O4S2/c1-17-15-20(26-31-17)25-23(28)22(18-9-5-4-6-10-18)32-21-12-11-19(16-24-21)33(29,30)27-13-7-2-3-8-14-27/h4-6,9-12,15-16,22H,2-3,7-8,13-14H2,1H3,(H,25,26,28). The average molecular weight is 487 g/mol. The summed E-state index contributed by atoms with van der Waals surface area (Å²) >= 11 is 1.24. The van der Waals surface area contributed by atoms with Crippen molar-refractivity contribution in [3.8, 4) is 0 Å². The van der Waals surface area contributed by atoms with Gasteiger partial charge < -0.3 is 9.84 Å². The molecule has 2 aromatic heterocycles. The van der Waals surface area contributed by atoms with Gasteiger partial charge in [0.05, 0.1) is 5.03 Å². The number of thioether (sulfide) groups is 1. The van der Waals surface area contributed by atoms with Gasteiger partial charge in [0.2, 0.25) is 15.9 Å².